The van der Waals surface area contributed by atoms with Crippen LogP contribution >= 0.6 is 7.60 Å². The molecule has 82 valence electrons. The summed E-state index contributed by atoms with van der Waals surface area (Å²) in [5.74, 6) is 0. The van der Waals surface area contributed by atoms with E-state index in [2.05, 4.69) is 13.8 Å². The molecule has 0 aliphatic rings. The summed E-state index contributed by atoms with van der Waals surface area (Å²) in [6.07, 6.45) is -0.994. The molecule has 0 radical (unpaired) electrons. The largest absolute Gasteiger partial charge is 0.450 e. The number of carbonyl (C=O) groups is 2. The maximum atomic E-state index is 11.3. The Hall–Kier alpha value is -0.910. The maximum absolute atomic E-state index is 11.3. The molecular weight excluding hydrogens is 213 g/mol. The predicted molar refractivity (Wildman–Crippen MR) is 47.2 cm³/mol. The van der Waals surface area contributed by atoms with Gasteiger partial charge in [0.05, 0.1) is 6.61 Å². The Labute approximate surface area is 81.2 Å². The van der Waals surface area contributed by atoms with Gasteiger partial charge in [-0.15, -0.1) is 0 Å². The van der Waals surface area contributed by atoms with Gasteiger partial charge in [0.1, 0.15) is 0 Å². The third-order valence-corrected chi connectivity index (χ3v) is 2.78. The molecule has 0 heterocycles. The Balaban J connectivity index is 4.33. The van der Waals surface area contributed by atoms with Crippen LogP contribution in [-0.4, -0.2) is 32.6 Å². The van der Waals surface area contributed by atoms with Gasteiger partial charge >= 0.3 is 19.3 Å². The van der Waals surface area contributed by atoms with Gasteiger partial charge < -0.3 is 13.8 Å². The van der Waals surface area contributed by atoms with Crippen molar-refractivity contribution in [3.05, 3.63) is 0 Å². The van der Waals surface area contributed by atoms with E-state index in [0.29, 0.717) is 0 Å². The van der Waals surface area contributed by atoms with Gasteiger partial charge in [-0.1, -0.05) is 0 Å². The molecule has 0 aromatic heterocycles. The van der Waals surface area contributed by atoms with E-state index >= 15 is 0 Å². The molecule has 0 aliphatic carbocycles. The number of rotatable bonds is 4. The second kappa shape index (κ2) is 5.74. The van der Waals surface area contributed by atoms with Crippen molar-refractivity contribution in [2.75, 3.05) is 20.8 Å². The fourth-order valence-electron chi connectivity index (χ4n) is 0.563. The minimum Gasteiger partial charge on any atom is -0.450 e. The molecule has 2 amide bonds. The van der Waals surface area contributed by atoms with E-state index in [0.717, 1.165) is 14.2 Å². The van der Waals surface area contributed by atoms with Crippen LogP contribution in [0.15, 0.2) is 0 Å². The molecule has 0 aromatic carbocycles. The van der Waals surface area contributed by atoms with Crippen molar-refractivity contribution in [2.45, 2.75) is 6.92 Å². The SMILES string of the molecule is CCOC(=O)NC(=O)P(=O)(OC)OC. The molecular formula is C6H12NO6P. The average Bonchev–Trinajstić information content (AvgIpc) is 2.16. The Morgan fingerprint density at radius 3 is 2.14 bits per heavy atom. The second-order valence-corrected chi connectivity index (χ2v) is 4.14. The molecule has 0 aliphatic heterocycles. The van der Waals surface area contributed by atoms with Crippen molar-refractivity contribution in [2.24, 2.45) is 0 Å². The summed E-state index contributed by atoms with van der Waals surface area (Å²) < 4.78 is 24.4. The molecule has 7 nitrogen and oxygen atoms in total. The normalized spacial score (nSPS) is 10.8. The first kappa shape index (κ1) is 13.1. The van der Waals surface area contributed by atoms with Crippen LogP contribution in [0.25, 0.3) is 0 Å². The molecule has 0 saturated carbocycles. The van der Waals surface area contributed by atoms with Crippen LogP contribution in [-0.2, 0) is 18.3 Å². The number of alkyl carbamates (subject to hydrolysis) is 1. The molecule has 0 fully saturated rings. The molecule has 0 atom stereocenters. The van der Waals surface area contributed by atoms with E-state index in [4.69, 9.17) is 0 Å². The van der Waals surface area contributed by atoms with Crippen molar-refractivity contribution in [3.63, 3.8) is 0 Å². The lowest BCUT2D eigenvalue weighted by atomic mass is 10.9. The number of hydrogen-bond acceptors (Lipinski definition) is 6. The molecule has 0 rings (SSSR count). The van der Waals surface area contributed by atoms with Crippen LogP contribution in [0.2, 0.25) is 0 Å². The van der Waals surface area contributed by atoms with E-state index in [9.17, 15) is 14.2 Å². The van der Waals surface area contributed by atoms with Crippen molar-refractivity contribution < 1.29 is 27.9 Å². The van der Waals surface area contributed by atoms with Gasteiger partial charge in [0.15, 0.2) is 0 Å². The number of imide groups is 1. The van der Waals surface area contributed by atoms with Crippen LogP contribution in [0.3, 0.4) is 0 Å². The first-order valence-electron chi connectivity index (χ1n) is 3.70. The monoisotopic (exact) mass is 225 g/mol. The molecule has 1 N–H and O–H groups in total. The molecule has 0 unspecified atom stereocenters. The highest BCUT2D eigenvalue weighted by Crippen LogP contribution is 2.46. The predicted octanol–water partition coefficient (Wildman–Crippen LogP) is 1.34. The Kier molecular flexibility index (Phi) is 5.37. The highest BCUT2D eigenvalue weighted by Gasteiger charge is 2.34. The third kappa shape index (κ3) is 3.45. The summed E-state index contributed by atoms with van der Waals surface area (Å²) >= 11 is 0. The molecule has 14 heavy (non-hydrogen) atoms. The van der Waals surface area contributed by atoms with Crippen molar-refractivity contribution in [1.29, 1.82) is 0 Å². The number of nitrogens with one attached hydrogen (secondary N) is 1. The first-order chi connectivity index (χ1) is 6.50. The molecule has 0 aromatic rings. The summed E-state index contributed by atoms with van der Waals surface area (Å²) in [6.45, 7) is 1.67. The van der Waals surface area contributed by atoms with Gasteiger partial charge in [0.25, 0.3) is 0 Å². The Morgan fingerprint density at radius 2 is 1.79 bits per heavy atom. The summed E-state index contributed by atoms with van der Waals surface area (Å²) in [5, 5.41) is 1.71. The minimum atomic E-state index is -3.90. The van der Waals surface area contributed by atoms with Gasteiger partial charge in [0, 0.05) is 14.2 Å². The lowest BCUT2D eigenvalue weighted by Crippen LogP contribution is -2.30. The lowest BCUT2D eigenvalue weighted by Gasteiger charge is -2.11. The summed E-state index contributed by atoms with van der Waals surface area (Å²) in [5.41, 5.74) is -1.15. The van der Waals surface area contributed by atoms with Gasteiger partial charge in [-0.05, 0) is 6.92 Å². The highest BCUT2D eigenvalue weighted by molar-refractivity contribution is 7.71. The zero-order chi connectivity index (χ0) is 11.2. The van der Waals surface area contributed by atoms with Gasteiger partial charge in [-0.3, -0.25) is 10.1 Å². The molecule has 0 bridgehead atoms. The fraction of sp³-hybridized carbons (Fsp3) is 0.667. The van der Waals surface area contributed by atoms with Crippen molar-refractivity contribution >= 4 is 19.3 Å². The van der Waals surface area contributed by atoms with Crippen molar-refractivity contribution in [1.82, 2.24) is 5.32 Å². The molecule has 8 heteroatoms. The minimum absolute atomic E-state index is 0.101. The van der Waals surface area contributed by atoms with E-state index in [-0.39, 0.29) is 6.61 Å². The van der Waals surface area contributed by atoms with Crippen LogP contribution in [0.4, 0.5) is 9.59 Å². The van der Waals surface area contributed by atoms with E-state index < -0.39 is 19.3 Å². The number of ether oxygens (including phenoxy) is 1. The first-order valence-corrected chi connectivity index (χ1v) is 5.24. The van der Waals surface area contributed by atoms with E-state index in [1.807, 2.05) is 0 Å². The lowest BCUT2D eigenvalue weighted by molar-refractivity contribution is 0.153. The maximum Gasteiger partial charge on any atom is 0.418 e. The second-order valence-electron chi connectivity index (χ2n) is 2.01. The number of carbonyl (C=O) groups excluding carboxylic acids is 2. The topological polar surface area (TPSA) is 90.9 Å². The molecule has 0 saturated heterocycles. The number of amides is 2. The summed E-state index contributed by atoms with van der Waals surface area (Å²) in [7, 11) is -1.83. The van der Waals surface area contributed by atoms with E-state index in [1.165, 1.54) is 0 Å². The average molecular weight is 225 g/mol. The van der Waals surface area contributed by atoms with Crippen molar-refractivity contribution in [3.8, 4) is 0 Å². The van der Waals surface area contributed by atoms with Crippen LogP contribution < -0.4 is 5.32 Å². The van der Waals surface area contributed by atoms with Gasteiger partial charge in [-0.2, -0.15) is 0 Å². The molecule has 0 spiro atoms. The standard InChI is InChI=1S/C6H12NO6P/c1-4-13-5(8)7-6(9)14(10,11-2)12-3/h4H2,1-3H3,(H,7,8,9). The van der Waals surface area contributed by atoms with Gasteiger partial charge in [-0.25, -0.2) is 9.36 Å². The number of hydrogen-bond donors (Lipinski definition) is 1. The smallest absolute Gasteiger partial charge is 0.418 e. The quantitative estimate of drug-likeness (QED) is 0.726. The zero-order valence-electron chi connectivity index (χ0n) is 8.10. The third-order valence-electron chi connectivity index (χ3n) is 1.21. The van der Waals surface area contributed by atoms with E-state index in [1.54, 1.807) is 12.2 Å². The summed E-state index contributed by atoms with van der Waals surface area (Å²) in [6, 6.07) is 0. The fourth-order valence-corrected chi connectivity index (χ4v) is 1.27. The zero-order valence-corrected chi connectivity index (χ0v) is 9.00. The van der Waals surface area contributed by atoms with Gasteiger partial charge in [0.2, 0.25) is 0 Å². The highest BCUT2D eigenvalue weighted by atomic mass is 31.2. The Bertz CT molecular complexity index is 257. The van der Waals surface area contributed by atoms with Crippen LogP contribution in [0, 0.1) is 0 Å². The Morgan fingerprint density at radius 1 is 1.29 bits per heavy atom. The summed E-state index contributed by atoms with van der Waals surface area (Å²) in [4.78, 5) is 21.8. The van der Waals surface area contributed by atoms with Crippen LogP contribution in [0.1, 0.15) is 6.92 Å². The van der Waals surface area contributed by atoms with Crippen LogP contribution in [0.5, 0.6) is 0 Å².